The molecular formula is C22H25N2O5+. The van der Waals surface area contributed by atoms with E-state index >= 15 is 0 Å². The zero-order valence-electron chi connectivity index (χ0n) is 16.7. The molecule has 0 aromatic heterocycles. The van der Waals surface area contributed by atoms with Gasteiger partial charge in [-0.15, -0.1) is 0 Å². The number of ether oxygens (including phenoxy) is 1. The zero-order valence-corrected chi connectivity index (χ0v) is 16.7. The molecule has 6 aliphatic rings. The molecule has 1 aromatic carbocycles. The third-order valence-electron chi connectivity index (χ3n) is 8.88. The van der Waals surface area contributed by atoms with E-state index in [-0.39, 0.29) is 29.9 Å². The van der Waals surface area contributed by atoms with Gasteiger partial charge in [0.15, 0.2) is 6.04 Å². The fourth-order valence-corrected chi connectivity index (χ4v) is 8.22. The molecule has 152 valence electrons. The average molecular weight is 397 g/mol. The highest BCUT2D eigenvalue weighted by molar-refractivity contribution is 6.02. The molecule has 7 rings (SSSR count). The van der Waals surface area contributed by atoms with Gasteiger partial charge in [-0.05, 0) is 12.8 Å². The molecule has 7 heteroatoms. The maximum absolute atomic E-state index is 14.5. The van der Waals surface area contributed by atoms with E-state index in [0.717, 1.165) is 17.0 Å². The first kappa shape index (κ1) is 17.6. The molecule has 9 atom stereocenters. The van der Waals surface area contributed by atoms with Crippen molar-refractivity contribution in [2.75, 3.05) is 7.05 Å². The summed E-state index contributed by atoms with van der Waals surface area (Å²) in [7, 11) is 2.00. The highest BCUT2D eigenvalue weighted by Gasteiger charge is 2.83. The number of aliphatic carboxylic acids is 1. The smallest absolute Gasteiger partial charge is 0.312 e. The third-order valence-corrected chi connectivity index (χ3v) is 8.88. The van der Waals surface area contributed by atoms with Crippen LogP contribution in [-0.4, -0.2) is 63.3 Å². The summed E-state index contributed by atoms with van der Waals surface area (Å²) in [5.41, 5.74) is 2.72. The maximum Gasteiger partial charge on any atom is 0.312 e. The van der Waals surface area contributed by atoms with E-state index in [4.69, 9.17) is 4.74 Å². The number of benzene rings is 1. The van der Waals surface area contributed by atoms with Crippen LogP contribution in [0.3, 0.4) is 0 Å². The van der Waals surface area contributed by atoms with Crippen LogP contribution in [0.2, 0.25) is 0 Å². The van der Waals surface area contributed by atoms with Crippen LogP contribution in [0.4, 0.5) is 5.69 Å². The summed E-state index contributed by atoms with van der Waals surface area (Å²) >= 11 is 0. The number of esters is 1. The number of piperidine rings is 4. The number of carbonyl (C=O) groups is 2. The maximum atomic E-state index is 14.5. The average Bonchev–Trinajstić information content (AvgIpc) is 3.06. The topological polar surface area (TPSA) is 89.7 Å². The summed E-state index contributed by atoms with van der Waals surface area (Å²) in [5, 5.41) is 24.5. The van der Waals surface area contributed by atoms with Crippen LogP contribution in [0, 0.1) is 23.0 Å². The van der Waals surface area contributed by atoms with Gasteiger partial charge in [0.05, 0.1) is 12.0 Å². The largest absolute Gasteiger partial charge is 0.632 e. The molecule has 1 spiro atoms. The number of carbonyl (C=O) groups excluding carboxylic acids is 1. The second-order valence-corrected chi connectivity index (χ2v) is 9.60. The van der Waals surface area contributed by atoms with Crippen LogP contribution in [0.1, 0.15) is 32.3 Å². The van der Waals surface area contributed by atoms with Crippen LogP contribution in [0.25, 0.3) is 0 Å². The third kappa shape index (κ3) is 1.65. The standard InChI is InChI=1S/C22H24N2O5/c1-10-17(21(26)27)12-8-15-19-22(13-6-4-5-7-14(13)23(19)3)9-16(24(10,15)28)18(12)20(22)29-11(2)25/h4-7,10,12,15-18,20H,8-9H2,1-3H3/p+1/t10-,12?,15-,16-,17-,18?,20?,22+,24?/m0/s1. The Balaban J connectivity index is 1.67. The number of nitrogens with zero attached hydrogens (tertiary/aromatic N) is 2. The van der Waals surface area contributed by atoms with Crippen molar-refractivity contribution < 1.29 is 28.7 Å². The van der Waals surface area contributed by atoms with Crippen LogP contribution < -0.4 is 0 Å². The molecule has 7 nitrogen and oxygen atoms in total. The molecular weight excluding hydrogens is 372 g/mol. The number of carboxylic acids is 1. The normalized spacial score (nSPS) is 47.9. The van der Waals surface area contributed by atoms with E-state index in [0.29, 0.717) is 12.8 Å². The monoisotopic (exact) mass is 397 g/mol. The first-order valence-corrected chi connectivity index (χ1v) is 10.4. The minimum Gasteiger partial charge on any atom is -0.632 e. The molecule has 1 aliphatic carbocycles. The van der Waals surface area contributed by atoms with E-state index in [1.54, 1.807) is 0 Å². The predicted octanol–water partition coefficient (Wildman–Crippen LogP) is 1.79. The number of para-hydroxylation sites is 1. The summed E-state index contributed by atoms with van der Waals surface area (Å²) in [4.78, 5) is 24.3. The molecule has 5 fully saturated rings. The Morgan fingerprint density at radius 3 is 2.76 bits per heavy atom. The molecule has 0 amide bonds. The van der Waals surface area contributed by atoms with Gasteiger partial charge in [0.25, 0.3) is 0 Å². The van der Waals surface area contributed by atoms with Gasteiger partial charge in [-0.3, -0.25) is 9.59 Å². The van der Waals surface area contributed by atoms with Gasteiger partial charge < -0.3 is 19.7 Å². The van der Waals surface area contributed by atoms with Crippen molar-refractivity contribution in [1.82, 2.24) is 0 Å². The minimum absolute atomic E-state index is 0.145. The lowest BCUT2D eigenvalue weighted by atomic mass is 9.61. The van der Waals surface area contributed by atoms with Crippen LogP contribution in [0.5, 0.6) is 0 Å². The molecule has 1 saturated carbocycles. The van der Waals surface area contributed by atoms with Crippen LogP contribution >= 0.6 is 0 Å². The Kier molecular flexibility index (Phi) is 3.08. The fraction of sp³-hybridized carbons (Fsp3) is 0.591. The lowest BCUT2D eigenvalue weighted by Crippen LogP contribution is -2.79. The predicted molar refractivity (Wildman–Crippen MR) is 103 cm³/mol. The van der Waals surface area contributed by atoms with E-state index in [1.165, 1.54) is 6.92 Å². The second-order valence-electron chi connectivity index (χ2n) is 9.60. The molecule has 1 N–H and O–H groups in total. The van der Waals surface area contributed by atoms with Crippen molar-refractivity contribution >= 4 is 23.3 Å². The van der Waals surface area contributed by atoms with Gasteiger partial charge in [0.1, 0.15) is 30.5 Å². The van der Waals surface area contributed by atoms with Crippen molar-refractivity contribution in [2.24, 2.45) is 17.8 Å². The van der Waals surface area contributed by atoms with Gasteiger partial charge in [-0.2, -0.15) is 4.58 Å². The first-order valence-electron chi connectivity index (χ1n) is 10.4. The minimum atomic E-state index is -0.897. The van der Waals surface area contributed by atoms with Crippen molar-refractivity contribution in [1.29, 1.82) is 0 Å². The highest BCUT2D eigenvalue weighted by atomic mass is 16.6. The van der Waals surface area contributed by atoms with Crippen LogP contribution in [0.15, 0.2) is 24.3 Å². The molecule has 5 bridgehead atoms. The summed E-state index contributed by atoms with van der Waals surface area (Å²) in [6, 6.07) is 7.14. The Morgan fingerprint density at radius 2 is 2.07 bits per heavy atom. The number of fused-ring (bicyclic) bond motifs is 2. The van der Waals surface area contributed by atoms with E-state index < -0.39 is 34.1 Å². The number of rotatable bonds is 2. The van der Waals surface area contributed by atoms with E-state index in [2.05, 4.69) is 16.7 Å². The van der Waals surface area contributed by atoms with Gasteiger partial charge >= 0.3 is 11.9 Å². The molecule has 29 heavy (non-hydrogen) atoms. The Labute approximate surface area is 168 Å². The highest BCUT2D eigenvalue weighted by Crippen LogP contribution is 2.69. The molecule has 4 unspecified atom stereocenters. The van der Waals surface area contributed by atoms with Gasteiger partial charge in [-0.1, -0.05) is 18.2 Å². The molecule has 5 aliphatic heterocycles. The Hall–Kier alpha value is -2.25. The van der Waals surface area contributed by atoms with Gasteiger partial charge in [0.2, 0.25) is 11.4 Å². The van der Waals surface area contributed by atoms with Gasteiger partial charge in [0, 0.05) is 31.4 Å². The zero-order chi connectivity index (χ0) is 20.5. The van der Waals surface area contributed by atoms with Crippen molar-refractivity contribution in [2.45, 2.75) is 56.3 Å². The number of hydrogen-bond donors (Lipinski definition) is 1. The molecule has 4 saturated heterocycles. The Bertz CT molecular complexity index is 1020. The lowest BCUT2D eigenvalue weighted by Gasteiger charge is -2.68. The summed E-state index contributed by atoms with van der Waals surface area (Å²) in [6.45, 7) is 3.23. The second kappa shape index (κ2) is 5.08. The van der Waals surface area contributed by atoms with Crippen molar-refractivity contribution in [3.05, 3.63) is 35.0 Å². The van der Waals surface area contributed by atoms with Gasteiger partial charge in [-0.25, -0.2) is 0 Å². The molecule has 5 heterocycles. The summed E-state index contributed by atoms with van der Waals surface area (Å²) in [5.74, 6) is -2.32. The molecule has 1 aromatic rings. The molecule has 0 radical (unpaired) electrons. The SMILES string of the molecule is CC(=O)OC1C2C3C[C@H]4C5=[N+](C)c6ccccc6[C@]51C[C@@H]2[N+]4([O-])[C@@H](C)[C@@H]3C(=O)O. The first-order chi connectivity index (χ1) is 13.7. The number of quaternary nitrogens is 1. The van der Waals surface area contributed by atoms with E-state index in [1.807, 2.05) is 26.1 Å². The van der Waals surface area contributed by atoms with Crippen LogP contribution in [-0.2, 0) is 19.7 Å². The van der Waals surface area contributed by atoms with Crippen molar-refractivity contribution in [3.8, 4) is 0 Å². The fourth-order valence-electron chi connectivity index (χ4n) is 8.22. The number of hydrogen-bond acceptors (Lipinski definition) is 4. The van der Waals surface area contributed by atoms with E-state index in [9.17, 15) is 19.9 Å². The number of carboxylic acid groups (broad SMARTS) is 1. The summed E-state index contributed by atoms with van der Waals surface area (Å²) in [6.07, 6.45) is 0.697. The Morgan fingerprint density at radius 1 is 1.34 bits per heavy atom. The lowest BCUT2D eigenvalue weighted by molar-refractivity contribution is -0.967. The summed E-state index contributed by atoms with van der Waals surface area (Å²) < 4.78 is 7.65. The number of hydroxylamine groups is 3. The van der Waals surface area contributed by atoms with Crippen molar-refractivity contribution in [3.63, 3.8) is 0 Å². The quantitative estimate of drug-likeness (QED) is 0.356.